The number of aromatic hydroxyl groups is 3. The van der Waals surface area contributed by atoms with Crippen molar-refractivity contribution in [3.8, 4) is 28.7 Å². The minimum atomic E-state index is -1.17. The van der Waals surface area contributed by atoms with Gasteiger partial charge in [-0.25, -0.2) is 4.79 Å². The minimum Gasteiger partial charge on any atom is -0.508 e. The topological polar surface area (TPSA) is 122 Å². The van der Waals surface area contributed by atoms with Gasteiger partial charge in [-0.3, -0.25) is 0 Å². The van der Waals surface area contributed by atoms with Crippen LogP contribution in [0.1, 0.15) is 32.6 Å². The molecule has 0 bridgehead atoms. The van der Waals surface area contributed by atoms with E-state index in [4.69, 9.17) is 20.3 Å². The van der Waals surface area contributed by atoms with Gasteiger partial charge < -0.3 is 30.5 Å². The van der Waals surface area contributed by atoms with Gasteiger partial charge >= 0.3 is 5.97 Å². The molecule has 2 aliphatic heterocycles. The summed E-state index contributed by atoms with van der Waals surface area (Å²) in [7, 11) is 0. The van der Waals surface area contributed by atoms with E-state index >= 15 is 0 Å². The largest absolute Gasteiger partial charge is 0.508 e. The van der Waals surface area contributed by atoms with Crippen LogP contribution in [0.2, 0.25) is 0 Å². The quantitative estimate of drug-likeness (QED) is 0.318. The van der Waals surface area contributed by atoms with Crippen LogP contribution < -0.4 is 10.5 Å². The third-order valence-corrected chi connectivity index (χ3v) is 6.05. The van der Waals surface area contributed by atoms with Crippen molar-refractivity contribution in [1.29, 1.82) is 0 Å². The fourth-order valence-electron chi connectivity index (χ4n) is 4.48. The number of benzene rings is 4. The Morgan fingerprint density at radius 3 is 1.89 bits per heavy atom. The molecule has 2 aliphatic rings. The number of carbonyl (C=O) groups is 1. The first kappa shape index (κ1) is 22.3. The van der Waals surface area contributed by atoms with Crippen LogP contribution in [0.25, 0.3) is 0 Å². The molecule has 0 aliphatic carbocycles. The number of carbonyl (C=O) groups excluding carboxylic acids is 1. The molecule has 176 valence electrons. The number of rotatable bonds is 2. The Hall–Kier alpha value is -4.49. The van der Waals surface area contributed by atoms with Crippen molar-refractivity contribution in [2.24, 2.45) is 5.73 Å². The van der Waals surface area contributed by atoms with E-state index in [1.165, 1.54) is 29.8 Å². The van der Waals surface area contributed by atoms with E-state index in [1.54, 1.807) is 36.4 Å². The summed E-state index contributed by atoms with van der Waals surface area (Å²) in [6.07, 6.45) is 0.875. The van der Waals surface area contributed by atoms with Gasteiger partial charge in [-0.1, -0.05) is 30.3 Å². The van der Waals surface area contributed by atoms with Gasteiger partial charge in [-0.15, -0.1) is 0 Å². The molecule has 0 unspecified atom stereocenters. The first-order chi connectivity index (χ1) is 16.9. The lowest BCUT2D eigenvalue weighted by Gasteiger charge is -2.36. The molecule has 2 heterocycles. The van der Waals surface area contributed by atoms with Crippen molar-refractivity contribution < 1.29 is 29.6 Å². The molecule has 35 heavy (non-hydrogen) atoms. The maximum atomic E-state index is 12.5. The summed E-state index contributed by atoms with van der Waals surface area (Å²) in [5.74, 6) is 0.715. The number of hydrogen-bond donors (Lipinski definition) is 4. The molecule has 5 N–H and O–H groups in total. The number of ether oxygens (including phenoxy) is 2. The van der Waals surface area contributed by atoms with Gasteiger partial charge in [-0.2, -0.15) is 0 Å². The molecule has 0 aromatic heterocycles. The predicted octanol–water partition coefficient (Wildman–Crippen LogP) is 4.56. The highest BCUT2D eigenvalue weighted by Crippen LogP contribution is 2.56. The number of fused-ring (bicyclic) bond motifs is 6. The molecule has 7 nitrogen and oxygen atoms in total. The summed E-state index contributed by atoms with van der Waals surface area (Å²) in [5, 5.41) is 28.6. The Kier molecular flexibility index (Phi) is 5.55. The fraction of sp³-hybridized carbons (Fsp3) is 0.107. The van der Waals surface area contributed by atoms with Crippen LogP contribution in [-0.2, 0) is 16.8 Å². The van der Waals surface area contributed by atoms with Crippen LogP contribution in [0.4, 0.5) is 0 Å². The van der Waals surface area contributed by atoms with Gasteiger partial charge in [0.25, 0.3) is 0 Å². The Balaban J connectivity index is 0.000000214. The minimum absolute atomic E-state index is 0.0371. The molecule has 0 saturated carbocycles. The van der Waals surface area contributed by atoms with E-state index in [2.05, 4.69) is 0 Å². The normalized spacial score (nSPS) is 14.0. The fourth-order valence-corrected chi connectivity index (χ4v) is 4.48. The van der Waals surface area contributed by atoms with Crippen molar-refractivity contribution in [3.05, 3.63) is 113 Å². The third-order valence-electron chi connectivity index (χ3n) is 6.05. The van der Waals surface area contributed by atoms with Crippen LogP contribution in [0.5, 0.6) is 28.7 Å². The van der Waals surface area contributed by atoms with E-state index in [0.717, 1.165) is 6.42 Å². The van der Waals surface area contributed by atoms with Gasteiger partial charge in [0, 0.05) is 28.8 Å². The molecule has 4 aromatic carbocycles. The summed E-state index contributed by atoms with van der Waals surface area (Å²) in [5.41, 5.74) is 7.79. The Bertz CT molecular complexity index is 1360. The lowest BCUT2D eigenvalue weighted by molar-refractivity contribution is 0.0224. The molecular formula is C28H23NO6. The molecule has 0 fully saturated rings. The summed E-state index contributed by atoms with van der Waals surface area (Å²) >= 11 is 0. The number of phenols is 3. The molecule has 1 spiro atoms. The van der Waals surface area contributed by atoms with E-state index in [9.17, 15) is 15.0 Å². The zero-order valence-corrected chi connectivity index (χ0v) is 18.6. The second kappa shape index (κ2) is 8.70. The van der Waals surface area contributed by atoms with Gasteiger partial charge in [0.15, 0.2) is 5.60 Å². The molecule has 4 aromatic rings. The third kappa shape index (κ3) is 3.82. The van der Waals surface area contributed by atoms with Crippen molar-refractivity contribution in [1.82, 2.24) is 0 Å². The molecule has 6 rings (SSSR count). The van der Waals surface area contributed by atoms with Crippen LogP contribution in [-0.4, -0.2) is 27.8 Å². The molecular weight excluding hydrogens is 446 g/mol. The summed E-state index contributed by atoms with van der Waals surface area (Å²) in [4.78, 5) is 12.5. The summed E-state index contributed by atoms with van der Waals surface area (Å²) in [6, 6.07) is 23.7. The molecule has 0 radical (unpaired) electrons. The predicted molar refractivity (Wildman–Crippen MR) is 129 cm³/mol. The highest BCUT2D eigenvalue weighted by atomic mass is 16.6. The van der Waals surface area contributed by atoms with Crippen LogP contribution in [0, 0.1) is 0 Å². The highest BCUT2D eigenvalue weighted by molar-refractivity contribution is 5.97. The van der Waals surface area contributed by atoms with Gasteiger partial charge in [0.05, 0.1) is 5.56 Å². The number of phenolic OH excluding ortho intramolecular Hbond substituents is 3. The monoisotopic (exact) mass is 469 g/mol. The molecule has 7 heteroatoms. The lowest BCUT2D eigenvalue weighted by Crippen LogP contribution is -2.32. The van der Waals surface area contributed by atoms with E-state index in [1.807, 2.05) is 24.3 Å². The van der Waals surface area contributed by atoms with Crippen molar-refractivity contribution >= 4 is 5.97 Å². The van der Waals surface area contributed by atoms with Crippen LogP contribution in [0.3, 0.4) is 0 Å². The average Bonchev–Trinajstić information content (AvgIpc) is 3.14. The number of esters is 1. The van der Waals surface area contributed by atoms with Crippen molar-refractivity contribution in [3.63, 3.8) is 0 Å². The zero-order valence-electron chi connectivity index (χ0n) is 18.6. The molecule has 0 amide bonds. The van der Waals surface area contributed by atoms with E-state index in [-0.39, 0.29) is 11.5 Å². The smallest absolute Gasteiger partial charge is 0.340 e. The second-order valence-electron chi connectivity index (χ2n) is 8.28. The average molecular weight is 469 g/mol. The first-order valence-corrected chi connectivity index (χ1v) is 11.1. The second-order valence-corrected chi connectivity index (χ2v) is 8.28. The highest BCUT2D eigenvalue weighted by Gasteiger charge is 2.53. The summed E-state index contributed by atoms with van der Waals surface area (Å²) < 4.78 is 11.8. The van der Waals surface area contributed by atoms with E-state index < -0.39 is 11.6 Å². The van der Waals surface area contributed by atoms with Gasteiger partial charge in [-0.05, 0) is 61.0 Å². The number of nitrogens with two attached hydrogens (primary N) is 1. The maximum Gasteiger partial charge on any atom is 0.340 e. The van der Waals surface area contributed by atoms with Crippen molar-refractivity contribution in [2.45, 2.75) is 12.0 Å². The summed E-state index contributed by atoms with van der Waals surface area (Å²) in [6.45, 7) is 0.658. The Labute approximate surface area is 201 Å². The number of hydrogen-bond acceptors (Lipinski definition) is 7. The lowest BCUT2D eigenvalue weighted by atomic mass is 9.77. The Morgan fingerprint density at radius 1 is 0.714 bits per heavy atom. The SMILES string of the molecule is NCCc1ccc(O)cc1.O=C1OC2(c3ccc(O)cc3Oc3cc(O)ccc32)c2ccccc21. The van der Waals surface area contributed by atoms with Gasteiger partial charge in [0.2, 0.25) is 0 Å². The maximum absolute atomic E-state index is 12.5. The first-order valence-electron chi connectivity index (χ1n) is 11.1. The van der Waals surface area contributed by atoms with Crippen LogP contribution in [0.15, 0.2) is 84.9 Å². The zero-order chi connectivity index (χ0) is 24.6. The standard InChI is InChI=1S/C20H12O5.C8H11NO/c21-11-5-7-15-17(9-11)24-18-10-12(22)6-8-16(18)20(15)14-4-2-1-3-13(14)19(23)25-20;9-6-5-7-1-3-8(10)4-2-7/h1-10,21-22H;1-4,10H,5-6,9H2. The van der Waals surface area contributed by atoms with Crippen LogP contribution >= 0.6 is 0 Å². The Morgan fingerprint density at radius 2 is 1.29 bits per heavy atom. The van der Waals surface area contributed by atoms with Crippen molar-refractivity contribution in [2.75, 3.05) is 6.54 Å². The van der Waals surface area contributed by atoms with Gasteiger partial charge in [0.1, 0.15) is 28.7 Å². The molecule has 0 saturated heterocycles. The molecule has 0 atom stereocenters. The van der Waals surface area contributed by atoms with E-state index in [0.29, 0.717) is 46.0 Å².